The van der Waals surface area contributed by atoms with Crippen molar-refractivity contribution in [2.75, 3.05) is 13.1 Å². The van der Waals surface area contributed by atoms with Gasteiger partial charge in [0.2, 0.25) is 0 Å². The first-order valence-corrected chi connectivity index (χ1v) is 8.13. The van der Waals surface area contributed by atoms with E-state index in [-0.39, 0.29) is 0 Å². The third-order valence-corrected chi connectivity index (χ3v) is 4.68. The highest BCUT2D eigenvalue weighted by Crippen LogP contribution is 2.23. The van der Waals surface area contributed by atoms with Crippen molar-refractivity contribution in [2.24, 2.45) is 5.92 Å². The molecule has 0 spiro atoms. The Balaban J connectivity index is 2.66. The molecule has 0 amide bonds. The molecule has 1 saturated heterocycles. The minimum Gasteiger partial charge on any atom is -0.311 e. The second kappa shape index (κ2) is 8.16. The minimum absolute atomic E-state index is 0.717. The molecule has 2 nitrogen and oxygen atoms in total. The largest absolute Gasteiger partial charge is 0.311 e. The molecule has 1 heterocycles. The van der Waals surface area contributed by atoms with Crippen LogP contribution in [0.5, 0.6) is 0 Å². The second-order valence-corrected chi connectivity index (χ2v) is 6.18. The van der Waals surface area contributed by atoms with Crippen LogP contribution in [0.15, 0.2) is 0 Å². The average Bonchev–Trinajstić information content (AvgIpc) is 2.38. The van der Waals surface area contributed by atoms with Gasteiger partial charge in [0.1, 0.15) is 0 Å². The molecule has 0 aromatic carbocycles. The van der Waals surface area contributed by atoms with E-state index in [0.29, 0.717) is 0 Å². The summed E-state index contributed by atoms with van der Waals surface area (Å²) in [5, 5.41) is 3.77. The molecule has 18 heavy (non-hydrogen) atoms. The normalized spacial score (nSPS) is 29.2. The van der Waals surface area contributed by atoms with Gasteiger partial charge >= 0.3 is 0 Å². The molecule has 0 aromatic rings. The second-order valence-electron chi connectivity index (χ2n) is 6.18. The lowest BCUT2D eigenvalue weighted by Gasteiger charge is -2.46. The van der Waals surface area contributed by atoms with E-state index in [1.165, 1.54) is 45.2 Å². The zero-order valence-electron chi connectivity index (χ0n) is 13.2. The summed E-state index contributed by atoms with van der Waals surface area (Å²) in [6.45, 7) is 14.2. The molecule has 0 aromatic heterocycles. The minimum atomic E-state index is 0.717. The van der Waals surface area contributed by atoms with Crippen LogP contribution in [0.1, 0.15) is 66.7 Å². The van der Waals surface area contributed by atoms with E-state index in [9.17, 15) is 0 Å². The van der Waals surface area contributed by atoms with Gasteiger partial charge in [-0.1, -0.05) is 47.0 Å². The molecule has 0 aliphatic carbocycles. The first-order chi connectivity index (χ1) is 8.63. The van der Waals surface area contributed by atoms with Crippen LogP contribution in [-0.4, -0.2) is 36.1 Å². The fraction of sp³-hybridized carbons (Fsp3) is 1.00. The van der Waals surface area contributed by atoms with Gasteiger partial charge in [-0.15, -0.1) is 0 Å². The van der Waals surface area contributed by atoms with Gasteiger partial charge < -0.3 is 5.32 Å². The summed E-state index contributed by atoms with van der Waals surface area (Å²) < 4.78 is 0. The van der Waals surface area contributed by atoms with Gasteiger partial charge in [-0.25, -0.2) is 0 Å². The fourth-order valence-corrected chi connectivity index (χ4v) is 3.29. The molecule has 108 valence electrons. The monoisotopic (exact) mass is 254 g/mol. The number of piperazine rings is 1. The molecular weight excluding hydrogens is 220 g/mol. The van der Waals surface area contributed by atoms with E-state index in [0.717, 1.165) is 24.0 Å². The topological polar surface area (TPSA) is 15.3 Å². The van der Waals surface area contributed by atoms with E-state index in [4.69, 9.17) is 0 Å². The molecule has 2 heteroatoms. The maximum absolute atomic E-state index is 3.77. The van der Waals surface area contributed by atoms with Crippen LogP contribution in [0, 0.1) is 5.92 Å². The maximum atomic E-state index is 3.77. The van der Waals surface area contributed by atoms with Crippen LogP contribution in [0.4, 0.5) is 0 Å². The lowest BCUT2D eigenvalue weighted by Crippen LogP contribution is -2.60. The van der Waals surface area contributed by atoms with Crippen LogP contribution in [0.2, 0.25) is 0 Å². The Bertz CT molecular complexity index is 217. The van der Waals surface area contributed by atoms with Gasteiger partial charge in [0.25, 0.3) is 0 Å². The summed E-state index contributed by atoms with van der Waals surface area (Å²) in [5.41, 5.74) is 0. The van der Waals surface area contributed by atoms with Crippen molar-refractivity contribution >= 4 is 0 Å². The van der Waals surface area contributed by atoms with Crippen LogP contribution >= 0.6 is 0 Å². The lowest BCUT2D eigenvalue weighted by atomic mass is 9.91. The van der Waals surface area contributed by atoms with Crippen LogP contribution in [0.3, 0.4) is 0 Å². The summed E-state index contributed by atoms with van der Waals surface area (Å²) in [6, 6.07) is 2.20. The summed E-state index contributed by atoms with van der Waals surface area (Å²) in [4.78, 5) is 2.80. The summed E-state index contributed by atoms with van der Waals surface area (Å²) >= 11 is 0. The van der Waals surface area contributed by atoms with Crippen molar-refractivity contribution in [1.82, 2.24) is 10.2 Å². The molecule has 0 radical (unpaired) electrons. The predicted molar refractivity (Wildman–Crippen MR) is 81.0 cm³/mol. The van der Waals surface area contributed by atoms with Crippen molar-refractivity contribution < 1.29 is 0 Å². The Labute approximate surface area is 115 Å². The van der Waals surface area contributed by atoms with Crippen molar-refractivity contribution in [2.45, 2.75) is 84.8 Å². The van der Waals surface area contributed by atoms with Crippen LogP contribution < -0.4 is 5.32 Å². The van der Waals surface area contributed by atoms with E-state index in [1.54, 1.807) is 0 Å². The average molecular weight is 254 g/mol. The van der Waals surface area contributed by atoms with Gasteiger partial charge in [0, 0.05) is 31.2 Å². The number of nitrogens with one attached hydrogen (secondary N) is 1. The van der Waals surface area contributed by atoms with Crippen molar-refractivity contribution in [1.29, 1.82) is 0 Å². The molecule has 1 aliphatic heterocycles. The number of hydrogen-bond acceptors (Lipinski definition) is 2. The van der Waals surface area contributed by atoms with E-state index in [1.807, 2.05) is 0 Å². The molecule has 1 fully saturated rings. The molecule has 4 unspecified atom stereocenters. The molecule has 4 atom stereocenters. The first-order valence-electron chi connectivity index (χ1n) is 8.13. The van der Waals surface area contributed by atoms with Crippen LogP contribution in [0.25, 0.3) is 0 Å². The summed E-state index contributed by atoms with van der Waals surface area (Å²) in [6.07, 6.45) is 6.55. The number of hydrogen-bond donors (Lipinski definition) is 1. The molecule has 1 aliphatic rings. The summed E-state index contributed by atoms with van der Waals surface area (Å²) in [5.74, 6) is 0.805. The Kier molecular flexibility index (Phi) is 7.25. The first kappa shape index (κ1) is 16.0. The van der Waals surface area contributed by atoms with Gasteiger partial charge in [0.15, 0.2) is 0 Å². The van der Waals surface area contributed by atoms with Crippen molar-refractivity contribution in [3.05, 3.63) is 0 Å². The van der Waals surface area contributed by atoms with E-state index in [2.05, 4.69) is 44.8 Å². The third kappa shape index (κ3) is 4.24. The maximum Gasteiger partial charge on any atom is 0.0249 e. The molecular formula is C16H34N2. The Morgan fingerprint density at radius 2 is 1.89 bits per heavy atom. The zero-order chi connectivity index (χ0) is 13.5. The Morgan fingerprint density at radius 3 is 2.44 bits per heavy atom. The van der Waals surface area contributed by atoms with Crippen molar-refractivity contribution in [3.63, 3.8) is 0 Å². The quantitative estimate of drug-likeness (QED) is 0.746. The Hall–Kier alpha value is -0.0800. The molecule has 1 rings (SSSR count). The highest BCUT2D eigenvalue weighted by Gasteiger charge is 2.32. The van der Waals surface area contributed by atoms with Gasteiger partial charge in [-0.2, -0.15) is 0 Å². The lowest BCUT2D eigenvalue weighted by molar-refractivity contribution is 0.0510. The van der Waals surface area contributed by atoms with Crippen molar-refractivity contribution in [3.8, 4) is 0 Å². The predicted octanol–water partition coefficient (Wildman–Crippen LogP) is 3.66. The highest BCUT2D eigenvalue weighted by molar-refractivity contribution is 4.90. The van der Waals surface area contributed by atoms with E-state index < -0.39 is 0 Å². The highest BCUT2D eigenvalue weighted by atomic mass is 15.3. The molecule has 0 saturated carbocycles. The fourth-order valence-electron chi connectivity index (χ4n) is 3.29. The number of nitrogens with zero attached hydrogens (tertiary/aromatic N) is 1. The number of rotatable bonds is 7. The summed E-state index contributed by atoms with van der Waals surface area (Å²) in [7, 11) is 0. The van der Waals surface area contributed by atoms with Gasteiger partial charge in [-0.05, 0) is 25.7 Å². The third-order valence-electron chi connectivity index (χ3n) is 4.68. The standard InChI is InChI=1S/C16H34N2/c1-6-9-14(5)18-12-15(10-7-2)17-11-16(18)13(4)8-3/h13-17H,6-12H2,1-5H3. The van der Waals surface area contributed by atoms with E-state index >= 15 is 0 Å². The zero-order valence-corrected chi connectivity index (χ0v) is 13.2. The molecule has 1 N–H and O–H groups in total. The molecule has 0 bridgehead atoms. The van der Waals surface area contributed by atoms with Gasteiger partial charge in [0.05, 0.1) is 0 Å². The smallest absolute Gasteiger partial charge is 0.0249 e. The SMILES string of the molecule is CCCC1CN(C(C)CCC)C(C(C)CC)CN1. The Morgan fingerprint density at radius 1 is 1.17 bits per heavy atom. The van der Waals surface area contributed by atoms with Crippen LogP contribution in [-0.2, 0) is 0 Å². The van der Waals surface area contributed by atoms with Gasteiger partial charge in [-0.3, -0.25) is 4.90 Å².